The Morgan fingerprint density at radius 3 is 2.61 bits per heavy atom. The first-order chi connectivity index (χ1) is 8.43. The van der Waals surface area contributed by atoms with Crippen molar-refractivity contribution in [2.24, 2.45) is 0 Å². The van der Waals surface area contributed by atoms with Crippen LogP contribution >= 0.6 is 0 Å². The minimum absolute atomic E-state index is 0.163. The summed E-state index contributed by atoms with van der Waals surface area (Å²) in [5.74, 6) is 0.163. The van der Waals surface area contributed by atoms with E-state index in [4.69, 9.17) is 4.74 Å². The molecule has 1 unspecified atom stereocenters. The summed E-state index contributed by atoms with van der Waals surface area (Å²) in [5.41, 5.74) is 0.170. The van der Waals surface area contributed by atoms with Gasteiger partial charge in [0, 0.05) is 0 Å². The normalized spacial score (nSPS) is 13.6. The standard InChI is InChI=1S/C11H9F3N2O2/c1-18-10-7-4-6(9(17)11(12,13)14)2-3-8(7)15-5-16-10/h2-5,9,17H,1H3. The molecule has 1 atom stereocenters. The van der Waals surface area contributed by atoms with Crippen LogP contribution in [0.15, 0.2) is 24.5 Å². The van der Waals surface area contributed by atoms with Gasteiger partial charge in [0.05, 0.1) is 18.0 Å². The third-order valence-electron chi connectivity index (χ3n) is 2.44. The number of halogens is 3. The van der Waals surface area contributed by atoms with E-state index in [-0.39, 0.29) is 11.4 Å². The van der Waals surface area contributed by atoms with Gasteiger partial charge in [0.1, 0.15) is 6.33 Å². The minimum Gasteiger partial charge on any atom is -0.480 e. The number of rotatable bonds is 2. The Morgan fingerprint density at radius 1 is 1.28 bits per heavy atom. The van der Waals surface area contributed by atoms with Crippen LogP contribution in [0.2, 0.25) is 0 Å². The zero-order chi connectivity index (χ0) is 13.3. The van der Waals surface area contributed by atoms with E-state index < -0.39 is 12.3 Å². The topological polar surface area (TPSA) is 55.2 Å². The van der Waals surface area contributed by atoms with Gasteiger partial charge < -0.3 is 9.84 Å². The van der Waals surface area contributed by atoms with Crippen LogP contribution in [0.3, 0.4) is 0 Å². The molecule has 0 aliphatic heterocycles. The zero-order valence-corrected chi connectivity index (χ0v) is 9.27. The maximum Gasteiger partial charge on any atom is 0.418 e. The molecule has 0 spiro atoms. The fraction of sp³-hybridized carbons (Fsp3) is 0.273. The molecule has 1 heterocycles. The molecular weight excluding hydrogens is 249 g/mol. The molecule has 0 aliphatic rings. The number of benzene rings is 1. The van der Waals surface area contributed by atoms with E-state index >= 15 is 0 Å². The van der Waals surface area contributed by atoms with Crippen molar-refractivity contribution < 1.29 is 23.0 Å². The molecule has 2 rings (SSSR count). The molecule has 18 heavy (non-hydrogen) atoms. The Bertz CT molecular complexity index is 572. The lowest BCUT2D eigenvalue weighted by Crippen LogP contribution is -2.20. The molecule has 96 valence electrons. The molecule has 1 N–H and O–H groups in total. The average Bonchev–Trinajstić information content (AvgIpc) is 2.35. The van der Waals surface area contributed by atoms with E-state index in [9.17, 15) is 18.3 Å². The van der Waals surface area contributed by atoms with Crippen molar-refractivity contribution in [3.63, 3.8) is 0 Å². The summed E-state index contributed by atoms with van der Waals surface area (Å²) in [7, 11) is 1.36. The molecule has 1 aromatic heterocycles. The smallest absolute Gasteiger partial charge is 0.418 e. The van der Waals surface area contributed by atoms with Crippen molar-refractivity contribution >= 4 is 10.9 Å². The summed E-state index contributed by atoms with van der Waals surface area (Å²) in [6.07, 6.45) is -6.00. The van der Waals surface area contributed by atoms with Crippen molar-refractivity contribution in [1.29, 1.82) is 0 Å². The van der Waals surface area contributed by atoms with Crippen molar-refractivity contribution in [3.05, 3.63) is 30.1 Å². The van der Waals surface area contributed by atoms with Gasteiger partial charge in [-0.1, -0.05) is 6.07 Å². The lowest BCUT2D eigenvalue weighted by molar-refractivity contribution is -0.206. The molecule has 4 nitrogen and oxygen atoms in total. The highest BCUT2D eigenvalue weighted by Crippen LogP contribution is 2.34. The van der Waals surface area contributed by atoms with Gasteiger partial charge in [-0.15, -0.1) is 0 Å². The lowest BCUT2D eigenvalue weighted by atomic mass is 10.1. The second-order valence-corrected chi connectivity index (χ2v) is 3.60. The molecule has 0 bridgehead atoms. The van der Waals surface area contributed by atoms with Crippen molar-refractivity contribution in [2.75, 3.05) is 7.11 Å². The number of aromatic nitrogens is 2. The Labute approximate surface area is 100 Å². The van der Waals surface area contributed by atoms with Crippen LogP contribution in [0, 0.1) is 0 Å². The third-order valence-corrected chi connectivity index (χ3v) is 2.44. The van der Waals surface area contributed by atoms with Gasteiger partial charge in [0.2, 0.25) is 5.88 Å². The Balaban J connectivity index is 2.56. The van der Waals surface area contributed by atoms with E-state index in [0.717, 1.165) is 0 Å². The summed E-state index contributed by atoms with van der Waals surface area (Å²) >= 11 is 0. The SMILES string of the molecule is COc1ncnc2ccc(C(O)C(F)(F)F)cc12. The van der Waals surface area contributed by atoms with Crippen LogP contribution < -0.4 is 4.74 Å². The first-order valence-corrected chi connectivity index (χ1v) is 4.97. The van der Waals surface area contributed by atoms with Crippen LogP contribution in [0.5, 0.6) is 5.88 Å². The summed E-state index contributed by atoms with van der Waals surface area (Å²) in [6, 6.07) is 3.73. The molecule has 7 heteroatoms. The highest BCUT2D eigenvalue weighted by Gasteiger charge is 2.39. The fourth-order valence-electron chi connectivity index (χ4n) is 1.57. The van der Waals surface area contributed by atoms with E-state index in [0.29, 0.717) is 10.9 Å². The number of methoxy groups -OCH3 is 1. The number of nitrogens with zero attached hydrogens (tertiary/aromatic N) is 2. The third kappa shape index (κ3) is 2.21. The average molecular weight is 258 g/mol. The second-order valence-electron chi connectivity index (χ2n) is 3.60. The first kappa shape index (κ1) is 12.6. The number of fused-ring (bicyclic) bond motifs is 1. The van der Waals surface area contributed by atoms with Crippen LogP contribution in [-0.4, -0.2) is 28.4 Å². The summed E-state index contributed by atoms with van der Waals surface area (Å²) in [5, 5.41) is 9.49. The molecule has 1 aromatic carbocycles. The highest BCUT2D eigenvalue weighted by atomic mass is 19.4. The molecule has 0 amide bonds. The number of aliphatic hydroxyl groups excluding tert-OH is 1. The van der Waals surface area contributed by atoms with Crippen LogP contribution in [0.4, 0.5) is 13.2 Å². The predicted octanol–water partition coefficient (Wildman–Crippen LogP) is 2.23. The molecule has 0 saturated carbocycles. The summed E-state index contributed by atoms with van der Waals surface area (Å²) < 4.78 is 42.1. The first-order valence-electron chi connectivity index (χ1n) is 4.97. The maximum atomic E-state index is 12.4. The molecular formula is C11H9F3N2O2. The number of aliphatic hydroxyl groups is 1. The van der Waals surface area contributed by atoms with Crippen molar-refractivity contribution in [3.8, 4) is 5.88 Å². The van der Waals surface area contributed by atoms with E-state index in [1.807, 2.05) is 0 Å². The zero-order valence-electron chi connectivity index (χ0n) is 9.27. The molecule has 0 saturated heterocycles. The molecule has 0 fully saturated rings. The Kier molecular flexibility index (Phi) is 3.08. The molecule has 0 aliphatic carbocycles. The highest BCUT2D eigenvalue weighted by molar-refractivity contribution is 5.83. The van der Waals surface area contributed by atoms with Gasteiger partial charge in [0.25, 0.3) is 0 Å². The van der Waals surface area contributed by atoms with Crippen molar-refractivity contribution in [1.82, 2.24) is 9.97 Å². The van der Waals surface area contributed by atoms with Gasteiger partial charge >= 0.3 is 6.18 Å². The fourth-order valence-corrected chi connectivity index (χ4v) is 1.57. The lowest BCUT2D eigenvalue weighted by Gasteiger charge is -2.15. The van der Waals surface area contributed by atoms with Gasteiger partial charge in [-0.3, -0.25) is 0 Å². The Hall–Kier alpha value is -1.89. The quantitative estimate of drug-likeness (QED) is 0.897. The minimum atomic E-state index is -4.71. The Morgan fingerprint density at radius 2 is 2.00 bits per heavy atom. The largest absolute Gasteiger partial charge is 0.480 e. The second kappa shape index (κ2) is 4.41. The van der Waals surface area contributed by atoms with Crippen LogP contribution in [-0.2, 0) is 0 Å². The number of alkyl halides is 3. The maximum absolute atomic E-state index is 12.4. The van der Waals surface area contributed by atoms with Gasteiger partial charge in [0.15, 0.2) is 6.10 Å². The molecule has 2 aromatic rings. The van der Waals surface area contributed by atoms with Gasteiger partial charge in [-0.25, -0.2) is 9.97 Å². The van der Waals surface area contributed by atoms with Crippen LogP contribution in [0.1, 0.15) is 11.7 Å². The summed E-state index contributed by atoms with van der Waals surface area (Å²) in [4.78, 5) is 7.69. The van der Waals surface area contributed by atoms with Crippen molar-refractivity contribution in [2.45, 2.75) is 12.3 Å². The van der Waals surface area contributed by atoms with E-state index in [2.05, 4.69) is 9.97 Å². The summed E-state index contributed by atoms with van der Waals surface area (Å²) in [6.45, 7) is 0. The predicted molar refractivity (Wildman–Crippen MR) is 57.1 cm³/mol. The van der Waals surface area contributed by atoms with Gasteiger partial charge in [-0.2, -0.15) is 13.2 Å². The number of hydrogen-bond acceptors (Lipinski definition) is 4. The number of ether oxygens (including phenoxy) is 1. The van der Waals surface area contributed by atoms with Crippen LogP contribution in [0.25, 0.3) is 10.9 Å². The van der Waals surface area contributed by atoms with E-state index in [1.165, 1.54) is 31.6 Å². The van der Waals surface area contributed by atoms with E-state index in [1.54, 1.807) is 0 Å². The number of hydrogen-bond donors (Lipinski definition) is 1. The monoisotopic (exact) mass is 258 g/mol. The molecule has 0 radical (unpaired) electrons. The van der Waals surface area contributed by atoms with Gasteiger partial charge in [-0.05, 0) is 17.7 Å².